The highest BCUT2D eigenvalue weighted by atomic mass is 16.2. The first kappa shape index (κ1) is 29.0. The number of carbonyl (C=O) groups excluding carboxylic acids is 1. The topological polar surface area (TPSA) is 58.4 Å². The van der Waals surface area contributed by atoms with Crippen LogP contribution in [0, 0.1) is 5.92 Å². The Balaban J connectivity index is 1.24. The van der Waals surface area contributed by atoms with Crippen molar-refractivity contribution in [1.82, 2.24) is 10.2 Å². The van der Waals surface area contributed by atoms with Gasteiger partial charge >= 0.3 is 0 Å². The third-order valence-corrected chi connectivity index (χ3v) is 8.10. The molecule has 2 unspecified atom stereocenters. The van der Waals surface area contributed by atoms with Crippen LogP contribution < -0.4 is 11.1 Å². The lowest BCUT2D eigenvalue weighted by molar-refractivity contribution is -0.127. The molecule has 3 aromatic rings. The zero-order valence-corrected chi connectivity index (χ0v) is 23.5. The fourth-order valence-corrected chi connectivity index (χ4v) is 5.84. The Morgan fingerprint density at radius 1 is 0.795 bits per heavy atom. The van der Waals surface area contributed by atoms with Crippen molar-refractivity contribution in [3.05, 3.63) is 108 Å². The number of hydrogen-bond acceptors (Lipinski definition) is 3. The molecule has 4 heteroatoms. The summed E-state index contributed by atoms with van der Waals surface area (Å²) in [5.74, 6) is 0.326. The number of piperidine rings is 1. The number of benzene rings is 3. The molecule has 208 valence electrons. The number of nitrogens with one attached hydrogen (secondary N) is 1. The van der Waals surface area contributed by atoms with E-state index in [2.05, 4.69) is 95.1 Å². The molecule has 4 rings (SSSR count). The Morgan fingerprint density at radius 2 is 1.33 bits per heavy atom. The van der Waals surface area contributed by atoms with E-state index in [9.17, 15) is 4.79 Å². The standard InChI is InChI=1S/C35H47N3O/c36-33(27-31-17-8-3-9-18-31)24-26-38-25-12-21-32(28-38)35(39)37-34(22-10-19-29-13-4-1-5-14-29)23-11-20-30-15-6-2-7-16-30/h1-9,13-18,32-34H,10-12,19-28,36H2,(H,37,39). The van der Waals surface area contributed by atoms with Gasteiger partial charge in [-0.2, -0.15) is 0 Å². The van der Waals surface area contributed by atoms with Crippen LogP contribution in [-0.4, -0.2) is 42.5 Å². The minimum atomic E-state index is 0.0786. The van der Waals surface area contributed by atoms with Gasteiger partial charge in [0.05, 0.1) is 5.92 Å². The first-order chi connectivity index (χ1) is 19.2. The molecular weight excluding hydrogens is 478 g/mol. The van der Waals surface area contributed by atoms with Crippen LogP contribution in [0.2, 0.25) is 0 Å². The summed E-state index contributed by atoms with van der Waals surface area (Å²) in [5.41, 5.74) is 10.5. The molecule has 0 bridgehead atoms. The molecule has 0 saturated carbocycles. The fraction of sp³-hybridized carbons (Fsp3) is 0.457. The SMILES string of the molecule is NC(CCN1CCCC(C(=O)NC(CCCc2ccccc2)CCCc2ccccc2)C1)Cc1ccccc1. The highest BCUT2D eigenvalue weighted by Crippen LogP contribution is 2.19. The summed E-state index contributed by atoms with van der Waals surface area (Å²) in [6.07, 6.45) is 10.3. The lowest BCUT2D eigenvalue weighted by Crippen LogP contribution is -2.46. The van der Waals surface area contributed by atoms with Crippen molar-refractivity contribution in [3.8, 4) is 0 Å². The van der Waals surface area contributed by atoms with Crippen molar-refractivity contribution in [2.45, 2.75) is 76.3 Å². The van der Waals surface area contributed by atoms with Gasteiger partial charge in [-0.25, -0.2) is 0 Å². The second-order valence-electron chi connectivity index (χ2n) is 11.3. The van der Waals surface area contributed by atoms with E-state index < -0.39 is 0 Å². The number of rotatable bonds is 15. The third kappa shape index (κ3) is 10.6. The first-order valence-electron chi connectivity index (χ1n) is 15.1. The van der Waals surface area contributed by atoms with Crippen LogP contribution in [-0.2, 0) is 24.1 Å². The lowest BCUT2D eigenvalue weighted by Gasteiger charge is -2.33. The number of carbonyl (C=O) groups is 1. The molecule has 3 aromatic carbocycles. The Labute approximate surface area is 236 Å². The summed E-state index contributed by atoms with van der Waals surface area (Å²) in [7, 11) is 0. The molecular formula is C35H47N3O. The molecule has 0 spiro atoms. The van der Waals surface area contributed by atoms with E-state index >= 15 is 0 Å². The quantitative estimate of drug-likeness (QED) is 0.249. The fourth-order valence-electron chi connectivity index (χ4n) is 5.84. The van der Waals surface area contributed by atoms with Crippen molar-refractivity contribution in [2.24, 2.45) is 11.7 Å². The van der Waals surface area contributed by atoms with Crippen molar-refractivity contribution >= 4 is 5.91 Å². The van der Waals surface area contributed by atoms with E-state index in [-0.39, 0.29) is 23.9 Å². The minimum Gasteiger partial charge on any atom is -0.353 e. The number of amides is 1. The van der Waals surface area contributed by atoms with Gasteiger partial charge in [0, 0.05) is 18.6 Å². The number of nitrogens with zero attached hydrogens (tertiary/aromatic N) is 1. The average Bonchev–Trinajstić information content (AvgIpc) is 2.98. The van der Waals surface area contributed by atoms with E-state index in [0.717, 1.165) is 83.8 Å². The van der Waals surface area contributed by atoms with Crippen LogP contribution in [0.5, 0.6) is 0 Å². The normalized spacial score (nSPS) is 16.7. The van der Waals surface area contributed by atoms with Crippen LogP contribution in [0.25, 0.3) is 0 Å². The Bertz CT molecular complexity index is 1030. The molecule has 1 aliphatic heterocycles. The minimum absolute atomic E-state index is 0.0786. The third-order valence-electron chi connectivity index (χ3n) is 8.10. The molecule has 1 saturated heterocycles. The van der Waals surface area contributed by atoms with E-state index in [0.29, 0.717) is 0 Å². The van der Waals surface area contributed by atoms with Crippen LogP contribution in [0.15, 0.2) is 91.0 Å². The van der Waals surface area contributed by atoms with Gasteiger partial charge < -0.3 is 16.0 Å². The molecule has 39 heavy (non-hydrogen) atoms. The van der Waals surface area contributed by atoms with Crippen LogP contribution in [0.4, 0.5) is 0 Å². The Hall–Kier alpha value is -2.95. The van der Waals surface area contributed by atoms with Gasteiger partial charge in [0.15, 0.2) is 0 Å². The van der Waals surface area contributed by atoms with E-state index in [1.165, 1.54) is 16.7 Å². The van der Waals surface area contributed by atoms with Gasteiger partial charge in [-0.15, -0.1) is 0 Å². The number of hydrogen-bond donors (Lipinski definition) is 2. The second kappa shape index (κ2) is 16.2. The van der Waals surface area contributed by atoms with Gasteiger partial charge in [-0.05, 0) is 94.0 Å². The van der Waals surface area contributed by atoms with E-state index in [1.807, 2.05) is 6.07 Å². The smallest absolute Gasteiger partial charge is 0.224 e. The summed E-state index contributed by atoms with van der Waals surface area (Å²) in [5, 5.41) is 3.49. The van der Waals surface area contributed by atoms with E-state index in [1.54, 1.807) is 0 Å². The molecule has 3 N–H and O–H groups in total. The largest absolute Gasteiger partial charge is 0.353 e. The van der Waals surface area contributed by atoms with Crippen molar-refractivity contribution in [1.29, 1.82) is 0 Å². The van der Waals surface area contributed by atoms with Crippen LogP contribution in [0.3, 0.4) is 0 Å². The first-order valence-corrected chi connectivity index (χ1v) is 15.1. The van der Waals surface area contributed by atoms with Crippen LogP contribution >= 0.6 is 0 Å². The van der Waals surface area contributed by atoms with Crippen molar-refractivity contribution in [2.75, 3.05) is 19.6 Å². The number of nitrogens with two attached hydrogens (primary N) is 1. The average molecular weight is 526 g/mol. The summed E-state index contributed by atoms with van der Waals surface area (Å²) in [6, 6.07) is 32.3. The maximum absolute atomic E-state index is 13.4. The molecule has 1 fully saturated rings. The molecule has 0 aromatic heterocycles. The molecule has 0 radical (unpaired) electrons. The Morgan fingerprint density at radius 3 is 1.90 bits per heavy atom. The molecule has 4 nitrogen and oxygen atoms in total. The predicted molar refractivity (Wildman–Crippen MR) is 163 cm³/mol. The van der Waals surface area contributed by atoms with Gasteiger partial charge in [0.2, 0.25) is 5.91 Å². The van der Waals surface area contributed by atoms with Crippen molar-refractivity contribution in [3.63, 3.8) is 0 Å². The lowest BCUT2D eigenvalue weighted by atomic mass is 9.94. The van der Waals surface area contributed by atoms with Gasteiger partial charge in [0.25, 0.3) is 0 Å². The maximum atomic E-state index is 13.4. The second-order valence-corrected chi connectivity index (χ2v) is 11.3. The summed E-state index contributed by atoms with van der Waals surface area (Å²) in [6.45, 7) is 2.89. The summed E-state index contributed by atoms with van der Waals surface area (Å²) >= 11 is 0. The molecule has 1 heterocycles. The monoisotopic (exact) mass is 525 g/mol. The molecule has 1 aliphatic rings. The number of aryl methyl sites for hydroxylation is 2. The van der Waals surface area contributed by atoms with Crippen molar-refractivity contribution < 1.29 is 4.79 Å². The maximum Gasteiger partial charge on any atom is 0.224 e. The highest BCUT2D eigenvalue weighted by Gasteiger charge is 2.27. The van der Waals surface area contributed by atoms with Gasteiger partial charge in [0.1, 0.15) is 0 Å². The van der Waals surface area contributed by atoms with Gasteiger partial charge in [-0.3, -0.25) is 4.79 Å². The Kier molecular flexibility index (Phi) is 12.1. The summed E-state index contributed by atoms with van der Waals surface area (Å²) < 4.78 is 0. The van der Waals surface area contributed by atoms with Gasteiger partial charge in [-0.1, -0.05) is 91.0 Å². The van der Waals surface area contributed by atoms with E-state index in [4.69, 9.17) is 5.73 Å². The zero-order chi connectivity index (χ0) is 27.1. The molecule has 1 amide bonds. The molecule has 0 aliphatic carbocycles. The van der Waals surface area contributed by atoms with Crippen LogP contribution in [0.1, 0.15) is 61.6 Å². The molecule has 2 atom stereocenters. The number of likely N-dealkylation sites (tertiary alicyclic amines) is 1. The zero-order valence-electron chi connectivity index (χ0n) is 23.5. The summed E-state index contributed by atoms with van der Waals surface area (Å²) in [4.78, 5) is 15.9. The highest BCUT2D eigenvalue weighted by molar-refractivity contribution is 5.79. The predicted octanol–water partition coefficient (Wildman–Crippen LogP) is 6.19.